The summed E-state index contributed by atoms with van der Waals surface area (Å²) in [5.74, 6) is -0.892. The van der Waals surface area contributed by atoms with E-state index in [1.54, 1.807) is 24.3 Å². The summed E-state index contributed by atoms with van der Waals surface area (Å²) < 4.78 is 15.5. The maximum Gasteiger partial charge on any atom is 0.340 e. The minimum absolute atomic E-state index is 0.107. The van der Waals surface area contributed by atoms with Crippen LogP contribution in [0.3, 0.4) is 0 Å². The lowest BCUT2D eigenvalue weighted by Crippen LogP contribution is -2.32. The van der Waals surface area contributed by atoms with Gasteiger partial charge in [-0.05, 0) is 36.4 Å². The van der Waals surface area contributed by atoms with E-state index in [0.29, 0.717) is 5.75 Å². The van der Waals surface area contributed by atoms with Crippen molar-refractivity contribution in [3.05, 3.63) is 84.3 Å². The van der Waals surface area contributed by atoms with Gasteiger partial charge in [0.15, 0.2) is 12.4 Å². The molecule has 1 heterocycles. The van der Waals surface area contributed by atoms with Gasteiger partial charge in [0, 0.05) is 0 Å². The molecule has 0 aliphatic heterocycles. The number of furan rings is 1. The zero-order chi connectivity index (χ0) is 21.2. The third-order valence-electron chi connectivity index (χ3n) is 3.91. The number of carbonyl (C=O) groups is 3. The van der Waals surface area contributed by atoms with Gasteiger partial charge in [-0.15, -0.1) is 0 Å². The second kappa shape index (κ2) is 10.5. The van der Waals surface area contributed by atoms with Crippen LogP contribution in [0.1, 0.15) is 20.9 Å². The van der Waals surface area contributed by atoms with Gasteiger partial charge in [-0.2, -0.15) is 0 Å². The number of para-hydroxylation sites is 2. The number of nitrogens with one attached hydrogen (secondary N) is 2. The van der Waals surface area contributed by atoms with Gasteiger partial charge in [0.1, 0.15) is 12.4 Å². The van der Waals surface area contributed by atoms with Crippen LogP contribution in [0.2, 0.25) is 0 Å². The second-order valence-corrected chi connectivity index (χ2v) is 6.06. The molecule has 0 saturated carbocycles. The fourth-order valence-electron chi connectivity index (χ4n) is 2.50. The molecule has 0 atom stereocenters. The molecule has 0 fully saturated rings. The SMILES string of the molecule is O=C(COC(=O)c1ccccc1NC(=O)c1ccco1)NCCOc1ccccc1. The first-order chi connectivity index (χ1) is 14.6. The normalized spacial score (nSPS) is 10.1. The Morgan fingerprint density at radius 1 is 0.900 bits per heavy atom. The average Bonchev–Trinajstić information content (AvgIpc) is 3.31. The van der Waals surface area contributed by atoms with Crippen LogP contribution >= 0.6 is 0 Å². The highest BCUT2D eigenvalue weighted by atomic mass is 16.5. The highest BCUT2D eigenvalue weighted by molar-refractivity contribution is 6.06. The summed E-state index contributed by atoms with van der Waals surface area (Å²) in [6.45, 7) is 0.0943. The minimum atomic E-state index is -0.735. The van der Waals surface area contributed by atoms with Gasteiger partial charge in [0.2, 0.25) is 0 Å². The summed E-state index contributed by atoms with van der Waals surface area (Å²) in [4.78, 5) is 36.4. The minimum Gasteiger partial charge on any atom is -0.492 e. The van der Waals surface area contributed by atoms with Gasteiger partial charge in [0.25, 0.3) is 11.8 Å². The van der Waals surface area contributed by atoms with Crippen molar-refractivity contribution >= 4 is 23.5 Å². The van der Waals surface area contributed by atoms with Crippen LogP contribution in [0.4, 0.5) is 5.69 Å². The van der Waals surface area contributed by atoms with Gasteiger partial charge in [-0.3, -0.25) is 9.59 Å². The summed E-state index contributed by atoms with van der Waals surface area (Å²) in [5, 5.41) is 5.19. The zero-order valence-electron chi connectivity index (χ0n) is 16.0. The maximum atomic E-state index is 12.4. The van der Waals surface area contributed by atoms with Crippen LogP contribution < -0.4 is 15.4 Å². The summed E-state index contributed by atoms with van der Waals surface area (Å²) in [5.41, 5.74) is 0.373. The lowest BCUT2D eigenvalue weighted by molar-refractivity contribution is -0.124. The zero-order valence-corrected chi connectivity index (χ0v) is 16.0. The largest absolute Gasteiger partial charge is 0.492 e. The highest BCUT2D eigenvalue weighted by Crippen LogP contribution is 2.17. The molecule has 0 saturated heterocycles. The quantitative estimate of drug-likeness (QED) is 0.417. The molecule has 0 aliphatic carbocycles. The van der Waals surface area contributed by atoms with Crippen molar-refractivity contribution in [2.24, 2.45) is 0 Å². The van der Waals surface area contributed by atoms with E-state index in [0.717, 1.165) is 0 Å². The van der Waals surface area contributed by atoms with Gasteiger partial charge >= 0.3 is 5.97 Å². The third-order valence-corrected chi connectivity index (χ3v) is 3.91. The van der Waals surface area contributed by atoms with E-state index in [1.165, 1.54) is 18.4 Å². The Hall–Kier alpha value is -4.07. The molecule has 0 spiro atoms. The van der Waals surface area contributed by atoms with Crippen molar-refractivity contribution < 1.29 is 28.3 Å². The molecule has 0 bridgehead atoms. The first-order valence-corrected chi connectivity index (χ1v) is 9.19. The number of hydrogen-bond acceptors (Lipinski definition) is 6. The Morgan fingerprint density at radius 3 is 2.43 bits per heavy atom. The number of ether oxygens (including phenoxy) is 2. The molecular formula is C22H20N2O6. The van der Waals surface area contributed by atoms with Crippen LogP contribution in [0, 0.1) is 0 Å². The number of carbonyl (C=O) groups excluding carboxylic acids is 3. The number of benzene rings is 2. The van der Waals surface area contributed by atoms with Gasteiger partial charge in [-0.1, -0.05) is 30.3 Å². The molecule has 3 rings (SSSR count). The van der Waals surface area contributed by atoms with Crippen LogP contribution in [-0.4, -0.2) is 37.5 Å². The first kappa shape index (κ1) is 20.7. The molecule has 0 unspecified atom stereocenters. The second-order valence-electron chi connectivity index (χ2n) is 6.06. The number of esters is 1. The molecule has 154 valence electrons. The summed E-state index contributed by atoms with van der Waals surface area (Å²) in [6, 6.07) is 18.6. The Morgan fingerprint density at radius 2 is 1.67 bits per heavy atom. The molecule has 30 heavy (non-hydrogen) atoms. The number of hydrogen-bond donors (Lipinski definition) is 2. The smallest absolute Gasteiger partial charge is 0.340 e. The summed E-state index contributed by atoms with van der Waals surface area (Å²) >= 11 is 0. The average molecular weight is 408 g/mol. The van der Waals surface area contributed by atoms with Crippen molar-refractivity contribution in [2.45, 2.75) is 0 Å². The van der Waals surface area contributed by atoms with E-state index < -0.39 is 24.4 Å². The van der Waals surface area contributed by atoms with Crippen molar-refractivity contribution in [3.63, 3.8) is 0 Å². The van der Waals surface area contributed by atoms with Gasteiger partial charge < -0.3 is 24.5 Å². The van der Waals surface area contributed by atoms with Crippen molar-refractivity contribution in [1.82, 2.24) is 5.32 Å². The fraction of sp³-hybridized carbons (Fsp3) is 0.136. The van der Waals surface area contributed by atoms with Crippen LogP contribution in [0.5, 0.6) is 5.75 Å². The Kier molecular flexibility index (Phi) is 7.21. The molecule has 1 aromatic heterocycles. The maximum absolute atomic E-state index is 12.4. The van der Waals surface area contributed by atoms with Crippen LogP contribution in [0.15, 0.2) is 77.4 Å². The molecule has 0 radical (unpaired) electrons. The monoisotopic (exact) mass is 408 g/mol. The molecule has 2 amide bonds. The highest BCUT2D eigenvalue weighted by Gasteiger charge is 2.17. The van der Waals surface area contributed by atoms with Crippen LogP contribution in [-0.2, 0) is 9.53 Å². The Labute approximate surface area is 172 Å². The summed E-state index contributed by atoms with van der Waals surface area (Å²) in [6.07, 6.45) is 1.37. The number of rotatable bonds is 9. The molecule has 2 N–H and O–H groups in total. The van der Waals surface area contributed by atoms with Gasteiger partial charge in [-0.25, -0.2) is 4.79 Å². The van der Waals surface area contributed by atoms with E-state index in [-0.39, 0.29) is 30.2 Å². The number of amides is 2. The van der Waals surface area contributed by atoms with E-state index in [4.69, 9.17) is 13.9 Å². The van der Waals surface area contributed by atoms with Crippen molar-refractivity contribution in [2.75, 3.05) is 25.1 Å². The molecule has 3 aromatic rings. The predicted octanol–water partition coefficient (Wildman–Crippen LogP) is 2.88. The lowest BCUT2D eigenvalue weighted by atomic mass is 10.1. The van der Waals surface area contributed by atoms with E-state index in [1.807, 2.05) is 30.3 Å². The molecule has 0 aliphatic rings. The fourth-order valence-corrected chi connectivity index (χ4v) is 2.50. The van der Waals surface area contributed by atoms with Crippen molar-refractivity contribution in [3.8, 4) is 5.75 Å². The van der Waals surface area contributed by atoms with E-state index >= 15 is 0 Å². The Bertz CT molecular complexity index is 986. The van der Waals surface area contributed by atoms with Gasteiger partial charge in [0.05, 0.1) is 24.1 Å². The Balaban J connectivity index is 1.45. The standard InChI is InChI=1S/C22H20N2O6/c25-20(23-12-14-28-16-7-2-1-3-8-16)15-30-22(27)17-9-4-5-10-18(17)24-21(26)19-11-6-13-29-19/h1-11,13H,12,14-15H2,(H,23,25)(H,24,26). The molecular weight excluding hydrogens is 388 g/mol. The van der Waals surface area contributed by atoms with E-state index in [2.05, 4.69) is 10.6 Å². The molecule has 2 aromatic carbocycles. The van der Waals surface area contributed by atoms with E-state index in [9.17, 15) is 14.4 Å². The van der Waals surface area contributed by atoms with Crippen LogP contribution in [0.25, 0.3) is 0 Å². The number of anilines is 1. The first-order valence-electron chi connectivity index (χ1n) is 9.19. The molecule has 8 heteroatoms. The third kappa shape index (κ3) is 5.96. The van der Waals surface area contributed by atoms with Crippen molar-refractivity contribution in [1.29, 1.82) is 0 Å². The topological polar surface area (TPSA) is 107 Å². The lowest BCUT2D eigenvalue weighted by Gasteiger charge is -2.11. The molecule has 8 nitrogen and oxygen atoms in total. The summed E-state index contributed by atoms with van der Waals surface area (Å²) in [7, 11) is 0. The predicted molar refractivity (Wildman–Crippen MR) is 108 cm³/mol.